The van der Waals surface area contributed by atoms with Crippen LogP contribution in [0.25, 0.3) is 11.3 Å². The Balaban J connectivity index is 2.20. The van der Waals surface area contributed by atoms with Crippen molar-refractivity contribution in [2.45, 2.75) is 6.42 Å². The van der Waals surface area contributed by atoms with Gasteiger partial charge in [-0.15, -0.1) is 11.3 Å². The molecule has 3 rings (SSSR count). The van der Waals surface area contributed by atoms with Crippen LogP contribution >= 0.6 is 11.3 Å². The number of aromatic amines is 1. The van der Waals surface area contributed by atoms with Gasteiger partial charge in [-0.2, -0.15) is 0 Å². The Bertz CT molecular complexity index is 524. The lowest BCUT2D eigenvalue weighted by Crippen LogP contribution is -1.95. The summed E-state index contributed by atoms with van der Waals surface area (Å²) in [6.45, 7) is 0. The summed E-state index contributed by atoms with van der Waals surface area (Å²) in [5, 5.41) is 10.8. The highest BCUT2D eigenvalue weighted by Gasteiger charge is 2.23. The molecule has 1 aliphatic rings. The first kappa shape index (κ1) is 7.82. The van der Waals surface area contributed by atoms with Gasteiger partial charge in [0.1, 0.15) is 5.69 Å². The van der Waals surface area contributed by atoms with Gasteiger partial charge in [0.05, 0.1) is 5.69 Å². The van der Waals surface area contributed by atoms with Crippen molar-refractivity contribution < 1.29 is 9.90 Å². The van der Waals surface area contributed by atoms with E-state index in [2.05, 4.69) is 4.98 Å². The molecule has 0 unspecified atom stereocenters. The molecule has 0 saturated carbocycles. The van der Waals surface area contributed by atoms with Crippen molar-refractivity contribution in [3.8, 4) is 11.3 Å². The Morgan fingerprint density at radius 2 is 2.43 bits per heavy atom. The van der Waals surface area contributed by atoms with Crippen molar-refractivity contribution in [2.75, 3.05) is 0 Å². The standard InChI is InChI=1S/C10H7NO2S/c12-10(13)7-3-5-4-8-6(1-2-14-8)9(5)11-7/h1-3,11H,4H2,(H,12,13). The number of rotatable bonds is 1. The van der Waals surface area contributed by atoms with Crippen LogP contribution in [0.5, 0.6) is 0 Å². The lowest BCUT2D eigenvalue weighted by molar-refractivity contribution is 0.0691. The second-order valence-electron chi connectivity index (χ2n) is 3.32. The smallest absolute Gasteiger partial charge is 0.352 e. The molecule has 2 aromatic rings. The molecule has 2 N–H and O–H groups in total. The van der Waals surface area contributed by atoms with Crippen molar-refractivity contribution in [2.24, 2.45) is 0 Å². The van der Waals surface area contributed by atoms with Crippen LogP contribution in [0.1, 0.15) is 20.9 Å². The average Bonchev–Trinajstić information content (AvgIpc) is 2.70. The summed E-state index contributed by atoms with van der Waals surface area (Å²) in [5.41, 5.74) is 3.53. The Morgan fingerprint density at radius 3 is 3.21 bits per heavy atom. The number of carboxylic acids is 1. The van der Waals surface area contributed by atoms with Gasteiger partial charge in [-0.05, 0) is 23.1 Å². The third-order valence-corrected chi connectivity index (χ3v) is 3.42. The summed E-state index contributed by atoms with van der Waals surface area (Å²) >= 11 is 1.72. The van der Waals surface area contributed by atoms with Crippen LogP contribution in [0, 0.1) is 0 Å². The van der Waals surface area contributed by atoms with Gasteiger partial charge < -0.3 is 10.1 Å². The molecule has 4 heteroatoms. The first-order valence-corrected chi connectivity index (χ1v) is 5.15. The van der Waals surface area contributed by atoms with E-state index in [1.807, 2.05) is 11.4 Å². The summed E-state index contributed by atoms with van der Waals surface area (Å²) in [7, 11) is 0. The highest BCUT2D eigenvalue weighted by molar-refractivity contribution is 7.10. The monoisotopic (exact) mass is 205 g/mol. The van der Waals surface area contributed by atoms with E-state index in [4.69, 9.17) is 5.11 Å². The zero-order valence-corrected chi connectivity index (χ0v) is 8.02. The molecule has 14 heavy (non-hydrogen) atoms. The topological polar surface area (TPSA) is 53.1 Å². The number of nitrogens with one attached hydrogen (secondary N) is 1. The molecule has 0 fully saturated rings. The van der Waals surface area contributed by atoms with E-state index in [-0.39, 0.29) is 5.69 Å². The number of hydrogen-bond acceptors (Lipinski definition) is 2. The maximum atomic E-state index is 10.7. The minimum absolute atomic E-state index is 0.284. The number of fused-ring (bicyclic) bond motifs is 3. The predicted molar refractivity (Wildman–Crippen MR) is 53.9 cm³/mol. The van der Waals surface area contributed by atoms with Crippen LogP contribution < -0.4 is 0 Å². The van der Waals surface area contributed by atoms with Crippen molar-refractivity contribution in [1.82, 2.24) is 4.98 Å². The van der Waals surface area contributed by atoms with Gasteiger partial charge in [0.15, 0.2) is 0 Å². The third kappa shape index (κ3) is 0.886. The second kappa shape index (κ2) is 2.48. The summed E-state index contributed by atoms with van der Waals surface area (Å²) in [5.74, 6) is -0.892. The quantitative estimate of drug-likeness (QED) is 0.640. The Kier molecular flexibility index (Phi) is 1.39. The van der Waals surface area contributed by atoms with Crippen LogP contribution in [0.15, 0.2) is 17.5 Å². The van der Waals surface area contributed by atoms with Gasteiger partial charge in [0.25, 0.3) is 0 Å². The number of thiophene rings is 1. The normalized spacial score (nSPS) is 12.6. The largest absolute Gasteiger partial charge is 0.477 e. The minimum atomic E-state index is -0.892. The van der Waals surface area contributed by atoms with E-state index in [1.165, 1.54) is 4.88 Å². The van der Waals surface area contributed by atoms with E-state index >= 15 is 0 Å². The Hall–Kier alpha value is -1.55. The fourth-order valence-corrected chi connectivity index (χ4v) is 2.77. The lowest BCUT2D eigenvalue weighted by atomic mass is 10.2. The maximum Gasteiger partial charge on any atom is 0.352 e. The van der Waals surface area contributed by atoms with Crippen molar-refractivity contribution >= 4 is 17.3 Å². The highest BCUT2D eigenvalue weighted by Crippen LogP contribution is 2.39. The van der Waals surface area contributed by atoms with Crippen LogP contribution in [0.4, 0.5) is 0 Å². The van der Waals surface area contributed by atoms with Crippen molar-refractivity contribution in [1.29, 1.82) is 0 Å². The third-order valence-electron chi connectivity index (χ3n) is 2.50. The summed E-state index contributed by atoms with van der Waals surface area (Å²) in [6, 6.07) is 3.76. The molecule has 2 aromatic heterocycles. The van der Waals surface area contributed by atoms with E-state index in [0.717, 1.165) is 23.2 Å². The van der Waals surface area contributed by atoms with Gasteiger partial charge in [0, 0.05) is 16.9 Å². The fraction of sp³-hybridized carbons (Fsp3) is 0.100. The van der Waals surface area contributed by atoms with Gasteiger partial charge in [0.2, 0.25) is 0 Å². The summed E-state index contributed by atoms with van der Waals surface area (Å²) in [4.78, 5) is 15.0. The average molecular weight is 205 g/mol. The van der Waals surface area contributed by atoms with Gasteiger partial charge in [-0.25, -0.2) is 4.79 Å². The number of hydrogen-bond donors (Lipinski definition) is 2. The molecule has 70 valence electrons. The Morgan fingerprint density at radius 1 is 1.57 bits per heavy atom. The molecule has 2 heterocycles. The van der Waals surface area contributed by atoms with E-state index in [1.54, 1.807) is 17.4 Å². The van der Waals surface area contributed by atoms with Gasteiger partial charge in [-0.1, -0.05) is 0 Å². The molecule has 3 nitrogen and oxygen atoms in total. The molecule has 0 aromatic carbocycles. The molecule has 0 spiro atoms. The lowest BCUT2D eigenvalue weighted by Gasteiger charge is -1.90. The van der Waals surface area contributed by atoms with Crippen LogP contribution in [0.3, 0.4) is 0 Å². The van der Waals surface area contributed by atoms with E-state index in [9.17, 15) is 4.79 Å². The van der Waals surface area contributed by atoms with Crippen molar-refractivity contribution in [3.05, 3.63) is 33.6 Å². The first-order valence-electron chi connectivity index (χ1n) is 4.27. The van der Waals surface area contributed by atoms with Crippen molar-refractivity contribution in [3.63, 3.8) is 0 Å². The molecular formula is C10H7NO2S. The maximum absolute atomic E-state index is 10.7. The minimum Gasteiger partial charge on any atom is -0.477 e. The van der Waals surface area contributed by atoms with E-state index < -0.39 is 5.97 Å². The SMILES string of the molecule is O=C(O)c1cc2c([nH]1)-c1ccsc1C2. The Labute approximate surface area is 84.0 Å². The zero-order chi connectivity index (χ0) is 9.71. The number of carbonyl (C=O) groups is 1. The van der Waals surface area contributed by atoms with Crippen LogP contribution in [-0.4, -0.2) is 16.1 Å². The summed E-state index contributed by atoms with van der Waals surface area (Å²) in [6.07, 6.45) is 0.867. The first-order chi connectivity index (χ1) is 6.75. The number of H-pyrrole nitrogens is 1. The van der Waals surface area contributed by atoms with Crippen LogP contribution in [0.2, 0.25) is 0 Å². The second-order valence-corrected chi connectivity index (χ2v) is 4.32. The molecule has 0 bridgehead atoms. The predicted octanol–water partition coefficient (Wildman–Crippen LogP) is 2.35. The molecule has 0 saturated heterocycles. The molecule has 0 amide bonds. The number of aromatic nitrogens is 1. The zero-order valence-electron chi connectivity index (χ0n) is 7.20. The summed E-state index contributed by atoms with van der Waals surface area (Å²) < 4.78 is 0. The highest BCUT2D eigenvalue weighted by atomic mass is 32.1. The van der Waals surface area contributed by atoms with Crippen LogP contribution in [-0.2, 0) is 6.42 Å². The molecule has 0 aliphatic heterocycles. The van der Waals surface area contributed by atoms with Gasteiger partial charge >= 0.3 is 5.97 Å². The fourth-order valence-electron chi connectivity index (χ4n) is 1.87. The van der Waals surface area contributed by atoms with E-state index in [0.29, 0.717) is 0 Å². The van der Waals surface area contributed by atoms with Gasteiger partial charge in [-0.3, -0.25) is 0 Å². The molecule has 0 radical (unpaired) electrons. The molecule has 0 atom stereocenters. The number of carboxylic acid groups (broad SMARTS) is 1. The molecule has 1 aliphatic carbocycles. The molecular weight excluding hydrogens is 198 g/mol. The number of aromatic carboxylic acids is 1.